The van der Waals surface area contributed by atoms with Crippen molar-refractivity contribution in [3.05, 3.63) is 70.3 Å². The first-order valence-electron chi connectivity index (χ1n) is 9.74. The summed E-state index contributed by atoms with van der Waals surface area (Å²) in [6.07, 6.45) is 0. The van der Waals surface area contributed by atoms with Gasteiger partial charge in [0.25, 0.3) is 5.69 Å². The molecule has 0 fully saturated rings. The van der Waals surface area contributed by atoms with Crippen LogP contribution in [0.5, 0.6) is 11.6 Å². The number of nitrogens with zero attached hydrogens (tertiary/aromatic N) is 3. The van der Waals surface area contributed by atoms with Gasteiger partial charge in [0.2, 0.25) is 15.9 Å². The molecule has 3 rings (SSSR count). The van der Waals surface area contributed by atoms with Gasteiger partial charge in [0, 0.05) is 30.3 Å². The number of nitro groups is 1. The molecule has 3 aromatic rings. The van der Waals surface area contributed by atoms with Crippen molar-refractivity contribution in [3.8, 4) is 22.9 Å². The molecule has 0 saturated carbocycles. The van der Waals surface area contributed by atoms with Gasteiger partial charge in [-0.15, -0.1) is 10.2 Å². The zero-order chi connectivity index (χ0) is 23.1. The first kappa shape index (κ1) is 23.1. The molecule has 1 heterocycles. The van der Waals surface area contributed by atoms with Gasteiger partial charge in [-0.05, 0) is 49.7 Å². The summed E-state index contributed by atoms with van der Waals surface area (Å²) in [5.41, 5.74) is 1.63. The Hall–Kier alpha value is -3.57. The highest BCUT2D eigenvalue weighted by atomic mass is 32.2. The Kier molecular flexibility index (Phi) is 7.33. The molecule has 1 N–H and O–H groups in total. The van der Waals surface area contributed by atoms with Crippen LogP contribution in [0.3, 0.4) is 0 Å². The van der Waals surface area contributed by atoms with Crippen molar-refractivity contribution in [2.75, 3.05) is 19.8 Å². The molecule has 0 bridgehead atoms. The van der Waals surface area contributed by atoms with Crippen molar-refractivity contribution >= 4 is 15.7 Å². The molecule has 11 heteroatoms. The van der Waals surface area contributed by atoms with Crippen molar-refractivity contribution in [1.82, 2.24) is 14.9 Å². The van der Waals surface area contributed by atoms with Crippen LogP contribution in [0.1, 0.15) is 12.5 Å². The van der Waals surface area contributed by atoms with Crippen molar-refractivity contribution in [3.63, 3.8) is 0 Å². The second-order valence-corrected chi connectivity index (χ2v) is 8.40. The van der Waals surface area contributed by atoms with Crippen LogP contribution in [0.4, 0.5) is 5.69 Å². The van der Waals surface area contributed by atoms with Gasteiger partial charge in [-0.25, -0.2) is 13.1 Å². The average molecular weight is 458 g/mol. The fourth-order valence-corrected chi connectivity index (χ4v) is 4.12. The van der Waals surface area contributed by atoms with Gasteiger partial charge in [-0.1, -0.05) is 6.07 Å². The molecule has 0 saturated heterocycles. The van der Waals surface area contributed by atoms with Crippen LogP contribution in [0.25, 0.3) is 11.3 Å². The smallest absolute Gasteiger partial charge is 0.270 e. The molecule has 1 aromatic heterocycles. The minimum atomic E-state index is -3.93. The van der Waals surface area contributed by atoms with Crippen LogP contribution in [-0.2, 0) is 10.0 Å². The van der Waals surface area contributed by atoms with E-state index < -0.39 is 14.9 Å². The molecule has 0 spiro atoms. The predicted octanol–water partition coefficient (Wildman–Crippen LogP) is 3.12. The second kappa shape index (κ2) is 10.2. The summed E-state index contributed by atoms with van der Waals surface area (Å²) >= 11 is 0. The lowest BCUT2D eigenvalue weighted by atomic mass is 10.1. The highest BCUT2D eigenvalue weighted by molar-refractivity contribution is 7.89. The van der Waals surface area contributed by atoms with Crippen molar-refractivity contribution in [2.45, 2.75) is 18.7 Å². The molecule has 0 aliphatic rings. The van der Waals surface area contributed by atoms with E-state index in [0.29, 0.717) is 17.9 Å². The summed E-state index contributed by atoms with van der Waals surface area (Å²) < 4.78 is 38.2. The van der Waals surface area contributed by atoms with Crippen LogP contribution < -0.4 is 14.2 Å². The van der Waals surface area contributed by atoms with Gasteiger partial charge in [-0.2, -0.15) is 0 Å². The third-order valence-corrected chi connectivity index (χ3v) is 6.02. The monoisotopic (exact) mass is 458 g/mol. The molecular formula is C21H22N4O6S. The van der Waals surface area contributed by atoms with E-state index >= 15 is 0 Å². The maximum atomic E-state index is 12.5. The number of non-ortho nitro benzene ring substituents is 1. The van der Waals surface area contributed by atoms with Crippen molar-refractivity contribution < 1.29 is 22.8 Å². The molecular weight excluding hydrogens is 436 g/mol. The van der Waals surface area contributed by atoms with E-state index in [9.17, 15) is 18.5 Å². The zero-order valence-electron chi connectivity index (χ0n) is 17.5. The number of ether oxygens (including phenoxy) is 2. The zero-order valence-corrected chi connectivity index (χ0v) is 18.3. The molecule has 0 aliphatic carbocycles. The van der Waals surface area contributed by atoms with Crippen LogP contribution in [0.2, 0.25) is 0 Å². The summed E-state index contributed by atoms with van der Waals surface area (Å²) in [7, 11) is -3.93. The topological polar surface area (TPSA) is 134 Å². The highest BCUT2D eigenvalue weighted by Gasteiger charge is 2.20. The molecule has 0 radical (unpaired) electrons. The van der Waals surface area contributed by atoms with Gasteiger partial charge < -0.3 is 9.47 Å². The van der Waals surface area contributed by atoms with E-state index in [0.717, 1.165) is 17.4 Å². The number of sulfonamides is 1. The van der Waals surface area contributed by atoms with E-state index in [1.165, 1.54) is 12.1 Å². The number of aryl methyl sites for hydroxylation is 1. The Morgan fingerprint density at radius 3 is 2.41 bits per heavy atom. The summed E-state index contributed by atoms with van der Waals surface area (Å²) in [6.45, 7) is 4.03. The minimum Gasteiger partial charge on any atom is -0.494 e. The second-order valence-electron chi connectivity index (χ2n) is 6.67. The van der Waals surface area contributed by atoms with Gasteiger partial charge in [0.05, 0.1) is 22.1 Å². The first-order chi connectivity index (χ1) is 15.3. The highest BCUT2D eigenvalue weighted by Crippen LogP contribution is 2.22. The molecule has 0 aliphatic heterocycles. The number of aromatic nitrogens is 2. The van der Waals surface area contributed by atoms with Crippen LogP contribution in [0, 0.1) is 17.0 Å². The average Bonchev–Trinajstić information content (AvgIpc) is 2.78. The number of benzene rings is 2. The Morgan fingerprint density at radius 1 is 1.03 bits per heavy atom. The van der Waals surface area contributed by atoms with Gasteiger partial charge in [0.1, 0.15) is 12.4 Å². The third kappa shape index (κ3) is 5.77. The fourth-order valence-electron chi connectivity index (χ4n) is 2.84. The fraction of sp³-hybridized carbons (Fsp3) is 0.238. The summed E-state index contributed by atoms with van der Waals surface area (Å²) in [4.78, 5) is 10.1. The maximum absolute atomic E-state index is 12.5. The Bertz CT molecular complexity index is 1180. The molecule has 168 valence electrons. The molecule has 2 aromatic carbocycles. The number of nitrogens with one attached hydrogen (secondary N) is 1. The maximum Gasteiger partial charge on any atom is 0.270 e. The largest absolute Gasteiger partial charge is 0.494 e. The lowest BCUT2D eigenvalue weighted by Crippen LogP contribution is -2.29. The van der Waals surface area contributed by atoms with E-state index in [1.807, 2.05) is 31.2 Å². The van der Waals surface area contributed by atoms with Crippen LogP contribution in [-0.4, -0.2) is 43.3 Å². The quantitative estimate of drug-likeness (QED) is 0.278. The SMILES string of the molecule is CCOc1ccc(-c2ccc(OCCNS(=O)(=O)c3cc([N+](=O)[O-])ccc3C)nn2)cc1. The lowest BCUT2D eigenvalue weighted by molar-refractivity contribution is -0.385. The van der Waals surface area contributed by atoms with E-state index in [2.05, 4.69) is 14.9 Å². The molecule has 0 unspecified atom stereocenters. The Balaban J connectivity index is 1.55. The minimum absolute atomic E-state index is 0.00425. The summed E-state index contributed by atoms with van der Waals surface area (Å²) in [5.74, 6) is 1.01. The molecule has 10 nitrogen and oxygen atoms in total. The third-order valence-electron chi connectivity index (χ3n) is 4.42. The lowest BCUT2D eigenvalue weighted by Gasteiger charge is -2.10. The number of rotatable bonds is 10. The van der Waals surface area contributed by atoms with E-state index in [1.54, 1.807) is 19.1 Å². The van der Waals surface area contributed by atoms with Crippen LogP contribution in [0.15, 0.2) is 59.5 Å². The number of hydrogen-bond donors (Lipinski definition) is 1. The van der Waals surface area contributed by atoms with E-state index in [-0.39, 0.29) is 29.6 Å². The molecule has 0 atom stereocenters. The Morgan fingerprint density at radius 2 is 1.78 bits per heavy atom. The van der Waals surface area contributed by atoms with Gasteiger partial charge in [0.15, 0.2) is 0 Å². The van der Waals surface area contributed by atoms with Gasteiger partial charge in [-0.3, -0.25) is 10.1 Å². The first-order valence-corrected chi connectivity index (χ1v) is 11.2. The standard InChI is InChI=1S/C21H22N4O6S/c1-3-30-18-8-5-16(6-9-18)19-10-11-21(24-23-19)31-13-12-22-32(28,29)20-14-17(25(26)27)7-4-15(20)2/h4-11,14,22H,3,12-13H2,1-2H3. The molecule has 0 amide bonds. The normalized spacial score (nSPS) is 11.2. The number of nitro benzene ring substituents is 1. The van der Waals surface area contributed by atoms with Gasteiger partial charge >= 0.3 is 0 Å². The van der Waals surface area contributed by atoms with Crippen molar-refractivity contribution in [1.29, 1.82) is 0 Å². The summed E-state index contributed by atoms with van der Waals surface area (Å²) in [6, 6.07) is 14.5. The van der Waals surface area contributed by atoms with E-state index in [4.69, 9.17) is 9.47 Å². The Labute approximate surface area is 185 Å². The summed E-state index contributed by atoms with van der Waals surface area (Å²) in [5, 5.41) is 19.0. The predicted molar refractivity (Wildman–Crippen MR) is 117 cm³/mol. The number of hydrogen-bond acceptors (Lipinski definition) is 8. The van der Waals surface area contributed by atoms with Crippen molar-refractivity contribution in [2.24, 2.45) is 0 Å². The van der Waals surface area contributed by atoms with Crippen LogP contribution >= 0.6 is 0 Å². The molecule has 32 heavy (non-hydrogen) atoms.